The molecule has 0 spiro atoms. The van der Waals surface area contributed by atoms with E-state index in [4.69, 9.17) is 4.42 Å². The molecule has 0 atom stereocenters. The van der Waals surface area contributed by atoms with Crippen molar-refractivity contribution in [3.63, 3.8) is 0 Å². The van der Waals surface area contributed by atoms with E-state index in [0.717, 1.165) is 21.5 Å². The number of para-hydroxylation sites is 1. The first-order valence-electron chi connectivity index (χ1n) is 7.49. The van der Waals surface area contributed by atoms with Crippen molar-refractivity contribution in [1.29, 1.82) is 0 Å². The third-order valence-electron chi connectivity index (χ3n) is 3.86. The third kappa shape index (κ3) is 2.21. The Kier molecular flexibility index (Phi) is 3.09. The summed E-state index contributed by atoms with van der Waals surface area (Å²) in [6.45, 7) is 3.40. The van der Waals surface area contributed by atoms with Gasteiger partial charge in [0.25, 0.3) is 11.5 Å². The van der Waals surface area contributed by atoms with E-state index in [-0.39, 0.29) is 23.9 Å². The Hall–Kier alpha value is -3.22. The molecule has 0 aliphatic carbocycles. The molecule has 0 amide bonds. The normalized spacial score (nSPS) is 11.4. The van der Waals surface area contributed by atoms with Gasteiger partial charge in [0.2, 0.25) is 5.89 Å². The molecule has 24 heavy (non-hydrogen) atoms. The van der Waals surface area contributed by atoms with Crippen LogP contribution in [0.1, 0.15) is 16.2 Å². The molecular weight excluding hydrogens is 308 g/mol. The van der Waals surface area contributed by atoms with Crippen LogP contribution in [-0.4, -0.2) is 25.5 Å². The van der Waals surface area contributed by atoms with E-state index in [9.17, 15) is 9.59 Å². The zero-order chi connectivity index (χ0) is 16.8. The van der Waals surface area contributed by atoms with Crippen LogP contribution < -0.4 is 5.56 Å². The molecule has 2 aromatic rings. The summed E-state index contributed by atoms with van der Waals surface area (Å²) >= 11 is 0. The molecule has 0 bridgehead atoms. The number of aryl methyl sites for hydroxylation is 2. The molecule has 0 saturated heterocycles. The van der Waals surface area contributed by atoms with Gasteiger partial charge in [0.15, 0.2) is 0 Å². The maximum Gasteiger partial charge on any atom is 0.280 e. The molecule has 0 N–H and O–H groups in total. The number of carbonyl (C=O) groups excluding carboxylic acids is 1. The molecule has 2 aliphatic rings. The zero-order valence-electron chi connectivity index (χ0n) is 13.2. The van der Waals surface area contributed by atoms with Gasteiger partial charge in [0.05, 0.1) is 5.69 Å². The van der Waals surface area contributed by atoms with Crippen LogP contribution >= 0.6 is 0 Å². The SMILES string of the molecule is Cc1cc(C)n(C(=O)Cn2nc3oc4ccccc4cc-3c2=O)n1. The Morgan fingerprint density at radius 2 is 1.96 bits per heavy atom. The summed E-state index contributed by atoms with van der Waals surface area (Å²) in [5.41, 5.74) is 2.11. The van der Waals surface area contributed by atoms with Crippen molar-refractivity contribution < 1.29 is 9.21 Å². The first-order chi connectivity index (χ1) is 11.5. The Morgan fingerprint density at radius 3 is 2.71 bits per heavy atom. The second-order valence-corrected chi connectivity index (χ2v) is 5.70. The van der Waals surface area contributed by atoms with Gasteiger partial charge in [-0.3, -0.25) is 9.59 Å². The zero-order valence-corrected chi connectivity index (χ0v) is 13.2. The molecule has 3 heterocycles. The summed E-state index contributed by atoms with van der Waals surface area (Å²) in [6, 6.07) is 10.9. The average Bonchev–Trinajstić information content (AvgIpc) is 3.05. The van der Waals surface area contributed by atoms with Crippen molar-refractivity contribution in [3.8, 4) is 11.5 Å². The van der Waals surface area contributed by atoms with Gasteiger partial charge in [0.1, 0.15) is 17.7 Å². The minimum absolute atomic E-state index is 0.193. The Balaban J connectivity index is 1.77. The molecule has 120 valence electrons. The van der Waals surface area contributed by atoms with Gasteiger partial charge in [-0.2, -0.15) is 5.10 Å². The largest absolute Gasteiger partial charge is 0.436 e. The quantitative estimate of drug-likeness (QED) is 0.565. The summed E-state index contributed by atoms with van der Waals surface area (Å²) in [5.74, 6) is -0.102. The van der Waals surface area contributed by atoms with Gasteiger partial charge < -0.3 is 4.42 Å². The fourth-order valence-electron chi connectivity index (χ4n) is 2.77. The van der Waals surface area contributed by atoms with Crippen LogP contribution in [0.3, 0.4) is 0 Å². The topological polar surface area (TPSA) is 82.9 Å². The highest BCUT2D eigenvalue weighted by atomic mass is 16.3. The van der Waals surface area contributed by atoms with Crippen LogP contribution in [-0.2, 0) is 6.54 Å². The van der Waals surface area contributed by atoms with Crippen molar-refractivity contribution in [2.24, 2.45) is 0 Å². The molecule has 7 heteroatoms. The van der Waals surface area contributed by atoms with E-state index in [1.165, 1.54) is 4.68 Å². The standard InChI is InChI=1S/C17H14N4O3/c1-10-7-11(2)21(18-10)15(22)9-20-17(23)13-8-12-5-3-4-6-14(12)24-16(13)19-20/h3-8H,9H2,1-2H3. The summed E-state index contributed by atoms with van der Waals surface area (Å²) < 4.78 is 8.06. The Morgan fingerprint density at radius 1 is 1.17 bits per heavy atom. The highest BCUT2D eigenvalue weighted by Gasteiger charge is 2.21. The van der Waals surface area contributed by atoms with Crippen molar-refractivity contribution in [1.82, 2.24) is 19.6 Å². The van der Waals surface area contributed by atoms with Gasteiger partial charge in [-0.05, 0) is 32.0 Å². The lowest BCUT2D eigenvalue weighted by atomic mass is 10.2. The molecular formula is C17H14N4O3. The maximum atomic E-state index is 12.5. The summed E-state index contributed by atoms with van der Waals surface area (Å²) in [7, 11) is 0. The summed E-state index contributed by atoms with van der Waals surface area (Å²) in [6.07, 6.45) is 0. The number of hydrogen-bond acceptors (Lipinski definition) is 5. The second-order valence-electron chi connectivity index (χ2n) is 5.70. The third-order valence-corrected chi connectivity index (χ3v) is 3.86. The minimum atomic E-state index is -0.352. The molecule has 0 radical (unpaired) electrons. The number of fused-ring (bicyclic) bond motifs is 2. The molecule has 1 aromatic heterocycles. The molecule has 0 saturated carbocycles. The molecule has 0 fully saturated rings. The fourth-order valence-corrected chi connectivity index (χ4v) is 2.77. The Bertz CT molecular complexity index is 1100. The number of benzene rings is 1. The predicted molar refractivity (Wildman–Crippen MR) is 87.2 cm³/mol. The van der Waals surface area contributed by atoms with Crippen molar-refractivity contribution in [2.45, 2.75) is 20.4 Å². The van der Waals surface area contributed by atoms with Crippen LogP contribution in [0, 0.1) is 13.8 Å². The van der Waals surface area contributed by atoms with Crippen molar-refractivity contribution >= 4 is 16.9 Å². The Labute approximate surface area is 136 Å². The maximum absolute atomic E-state index is 12.5. The van der Waals surface area contributed by atoms with Crippen LogP contribution in [0.2, 0.25) is 0 Å². The fraction of sp³-hybridized carbons (Fsp3) is 0.176. The van der Waals surface area contributed by atoms with E-state index >= 15 is 0 Å². The molecule has 0 unspecified atom stereocenters. The van der Waals surface area contributed by atoms with Gasteiger partial charge in [-0.1, -0.05) is 18.2 Å². The number of nitrogens with zero attached hydrogens (tertiary/aromatic N) is 4. The van der Waals surface area contributed by atoms with E-state index < -0.39 is 0 Å². The molecule has 7 nitrogen and oxygen atoms in total. The van der Waals surface area contributed by atoms with Crippen molar-refractivity contribution in [3.05, 3.63) is 58.1 Å². The summed E-state index contributed by atoms with van der Waals surface area (Å²) in [5, 5.41) is 9.09. The minimum Gasteiger partial charge on any atom is -0.436 e. The van der Waals surface area contributed by atoms with Crippen LogP contribution in [0.4, 0.5) is 0 Å². The van der Waals surface area contributed by atoms with Crippen LogP contribution in [0.5, 0.6) is 0 Å². The highest BCUT2D eigenvalue weighted by molar-refractivity contribution is 5.82. The predicted octanol–water partition coefficient (Wildman–Crippen LogP) is 2.25. The lowest BCUT2D eigenvalue weighted by Crippen LogP contribution is -2.26. The smallest absolute Gasteiger partial charge is 0.280 e. The highest BCUT2D eigenvalue weighted by Crippen LogP contribution is 2.23. The second kappa shape index (κ2) is 5.16. The van der Waals surface area contributed by atoms with Gasteiger partial charge >= 0.3 is 0 Å². The van der Waals surface area contributed by atoms with Crippen molar-refractivity contribution in [2.75, 3.05) is 0 Å². The molecule has 1 aromatic carbocycles. The van der Waals surface area contributed by atoms with Gasteiger partial charge in [-0.15, -0.1) is 5.10 Å². The van der Waals surface area contributed by atoms with Crippen LogP contribution in [0.25, 0.3) is 22.4 Å². The molecule has 2 aliphatic heterocycles. The van der Waals surface area contributed by atoms with E-state index in [2.05, 4.69) is 10.2 Å². The average molecular weight is 322 g/mol. The lowest BCUT2D eigenvalue weighted by molar-refractivity contribution is 0.0866. The lowest BCUT2D eigenvalue weighted by Gasteiger charge is -2.01. The van der Waals surface area contributed by atoms with Gasteiger partial charge in [0, 0.05) is 11.1 Å². The van der Waals surface area contributed by atoms with E-state index in [0.29, 0.717) is 11.1 Å². The number of aromatic nitrogens is 4. The van der Waals surface area contributed by atoms with E-state index in [1.807, 2.05) is 25.1 Å². The number of hydrogen-bond donors (Lipinski definition) is 0. The van der Waals surface area contributed by atoms with Crippen LogP contribution in [0.15, 0.2) is 45.6 Å². The number of carbonyl (C=O) groups is 1. The van der Waals surface area contributed by atoms with Gasteiger partial charge in [-0.25, -0.2) is 9.36 Å². The first-order valence-corrected chi connectivity index (χ1v) is 7.49. The molecule has 4 rings (SSSR count). The number of rotatable bonds is 2. The first kappa shape index (κ1) is 14.4. The van der Waals surface area contributed by atoms with E-state index in [1.54, 1.807) is 25.1 Å². The monoisotopic (exact) mass is 322 g/mol. The summed E-state index contributed by atoms with van der Waals surface area (Å²) in [4.78, 5) is 24.9.